The van der Waals surface area contributed by atoms with Gasteiger partial charge in [-0.1, -0.05) is 39.2 Å². The molecule has 4 heteroatoms. The first-order valence-corrected chi connectivity index (χ1v) is 8.75. The summed E-state index contributed by atoms with van der Waals surface area (Å²) in [5.74, 6) is -0.199. The average molecular weight is 330 g/mol. The van der Waals surface area contributed by atoms with Gasteiger partial charge < -0.3 is 9.47 Å². The molecule has 0 aromatic heterocycles. The smallest absolute Gasteiger partial charge is 0.334 e. The summed E-state index contributed by atoms with van der Waals surface area (Å²) in [6.07, 6.45) is 2.11. The van der Waals surface area contributed by atoms with E-state index in [1.54, 1.807) is 0 Å². The highest BCUT2D eigenvalue weighted by Crippen LogP contribution is 2.52. The summed E-state index contributed by atoms with van der Waals surface area (Å²) in [5, 5.41) is 0. The molecule has 0 bridgehead atoms. The zero-order chi connectivity index (χ0) is 17.6. The van der Waals surface area contributed by atoms with Crippen LogP contribution in [0.2, 0.25) is 0 Å². The Bertz CT molecular complexity index is 615. The molecule has 1 heterocycles. The molecule has 4 nitrogen and oxygen atoms in total. The summed E-state index contributed by atoms with van der Waals surface area (Å²) in [4.78, 5) is 24.2. The Balaban J connectivity index is 1.88. The van der Waals surface area contributed by atoms with Crippen LogP contribution in [0.5, 0.6) is 0 Å². The SMILES string of the molecule is C=C1CC[C@H]2C(=C)[C@H](OC(=O)CC(C)C)C[C@H]3C(=C)C(=O)O[C@@H]3[C@@H]12. The monoisotopic (exact) mass is 330 g/mol. The van der Waals surface area contributed by atoms with Crippen molar-refractivity contribution in [2.75, 3.05) is 0 Å². The predicted molar refractivity (Wildman–Crippen MR) is 91.0 cm³/mol. The maximum atomic E-state index is 12.2. The number of esters is 2. The van der Waals surface area contributed by atoms with E-state index >= 15 is 0 Å². The van der Waals surface area contributed by atoms with Crippen LogP contribution in [0.25, 0.3) is 0 Å². The second-order valence-electron chi connectivity index (χ2n) is 7.72. The van der Waals surface area contributed by atoms with Gasteiger partial charge in [0.2, 0.25) is 0 Å². The van der Waals surface area contributed by atoms with Gasteiger partial charge >= 0.3 is 11.9 Å². The Morgan fingerprint density at radius 2 is 2.00 bits per heavy atom. The van der Waals surface area contributed by atoms with E-state index in [0.29, 0.717) is 18.4 Å². The van der Waals surface area contributed by atoms with Crippen LogP contribution in [0.15, 0.2) is 36.5 Å². The van der Waals surface area contributed by atoms with Crippen molar-refractivity contribution in [1.29, 1.82) is 0 Å². The number of carbonyl (C=O) groups excluding carboxylic acids is 2. The molecular weight excluding hydrogens is 304 g/mol. The van der Waals surface area contributed by atoms with Crippen molar-refractivity contribution >= 4 is 11.9 Å². The molecule has 5 atom stereocenters. The van der Waals surface area contributed by atoms with E-state index < -0.39 is 0 Å². The first-order chi connectivity index (χ1) is 11.3. The zero-order valence-corrected chi connectivity index (χ0v) is 14.5. The third-order valence-corrected chi connectivity index (χ3v) is 5.59. The van der Waals surface area contributed by atoms with Gasteiger partial charge in [0, 0.05) is 23.8 Å². The molecule has 0 unspecified atom stereocenters. The number of rotatable bonds is 3. The molecule has 0 N–H and O–H groups in total. The molecule has 3 rings (SSSR count). The summed E-state index contributed by atoms with van der Waals surface area (Å²) in [5.41, 5.74) is 2.53. The first-order valence-electron chi connectivity index (χ1n) is 8.75. The molecule has 0 aromatic carbocycles. The highest BCUT2D eigenvalue weighted by Gasteiger charge is 2.53. The van der Waals surface area contributed by atoms with Gasteiger partial charge in [0.05, 0.1) is 0 Å². The predicted octanol–water partition coefficient (Wildman–Crippen LogP) is 3.58. The lowest BCUT2D eigenvalue weighted by atomic mass is 9.82. The summed E-state index contributed by atoms with van der Waals surface area (Å²) in [7, 11) is 0. The number of fused-ring (bicyclic) bond motifs is 3. The molecule has 0 radical (unpaired) electrons. The summed E-state index contributed by atoms with van der Waals surface area (Å²) < 4.78 is 11.4. The van der Waals surface area contributed by atoms with Crippen molar-refractivity contribution in [2.45, 2.75) is 51.7 Å². The highest BCUT2D eigenvalue weighted by molar-refractivity contribution is 5.91. The van der Waals surface area contributed by atoms with Gasteiger partial charge in [0.1, 0.15) is 12.2 Å². The summed E-state index contributed by atoms with van der Waals surface area (Å²) in [6, 6.07) is 0. The topological polar surface area (TPSA) is 52.6 Å². The van der Waals surface area contributed by atoms with Crippen molar-refractivity contribution in [3.05, 3.63) is 36.5 Å². The fourth-order valence-corrected chi connectivity index (χ4v) is 4.36. The van der Waals surface area contributed by atoms with Gasteiger partial charge in [-0.2, -0.15) is 0 Å². The van der Waals surface area contributed by atoms with Gasteiger partial charge in [0.15, 0.2) is 0 Å². The standard InChI is InChI=1S/C20H26O4/c1-10(2)8-17(21)23-16-9-15-13(5)20(22)24-19(15)18-11(3)6-7-14(18)12(16)4/h10,14-16,18-19H,3-9H2,1-2H3/t14-,15-,16+,18-,19-/m0/s1. The minimum atomic E-state index is -0.379. The number of ether oxygens (including phenoxy) is 2. The molecule has 0 spiro atoms. The molecule has 1 saturated heterocycles. The minimum absolute atomic E-state index is 0.0690. The Morgan fingerprint density at radius 3 is 2.67 bits per heavy atom. The van der Waals surface area contributed by atoms with Crippen LogP contribution in [0.3, 0.4) is 0 Å². The fraction of sp³-hybridized carbons (Fsp3) is 0.600. The van der Waals surface area contributed by atoms with E-state index in [0.717, 1.165) is 24.0 Å². The normalized spacial score (nSPS) is 35.5. The Labute approximate surface area is 143 Å². The molecular formula is C20H26O4. The molecule has 24 heavy (non-hydrogen) atoms. The van der Waals surface area contributed by atoms with E-state index in [9.17, 15) is 9.59 Å². The van der Waals surface area contributed by atoms with Gasteiger partial charge in [-0.3, -0.25) is 4.79 Å². The first kappa shape index (κ1) is 17.0. The lowest BCUT2D eigenvalue weighted by Crippen LogP contribution is -2.28. The van der Waals surface area contributed by atoms with E-state index in [-0.39, 0.29) is 47.8 Å². The molecule has 3 fully saturated rings. The third-order valence-electron chi connectivity index (χ3n) is 5.59. The molecule has 0 aromatic rings. The van der Waals surface area contributed by atoms with Crippen LogP contribution < -0.4 is 0 Å². The van der Waals surface area contributed by atoms with Crippen LogP contribution >= 0.6 is 0 Å². The van der Waals surface area contributed by atoms with Crippen molar-refractivity contribution in [3.8, 4) is 0 Å². The van der Waals surface area contributed by atoms with Gasteiger partial charge in [-0.15, -0.1) is 0 Å². The Hall–Kier alpha value is -1.84. The van der Waals surface area contributed by atoms with Crippen LogP contribution in [-0.4, -0.2) is 24.1 Å². The largest absolute Gasteiger partial charge is 0.458 e. The number of carbonyl (C=O) groups is 2. The molecule has 1 aliphatic heterocycles. The van der Waals surface area contributed by atoms with Crippen LogP contribution in [-0.2, 0) is 19.1 Å². The third kappa shape index (κ3) is 2.83. The zero-order valence-electron chi connectivity index (χ0n) is 14.5. The highest BCUT2D eigenvalue weighted by atomic mass is 16.6. The van der Waals surface area contributed by atoms with Gasteiger partial charge in [-0.05, 0) is 36.7 Å². The summed E-state index contributed by atoms with van der Waals surface area (Å²) >= 11 is 0. The van der Waals surface area contributed by atoms with E-state index in [1.165, 1.54) is 0 Å². The average Bonchev–Trinajstić information content (AvgIpc) is 2.96. The lowest BCUT2D eigenvalue weighted by molar-refractivity contribution is -0.149. The van der Waals surface area contributed by atoms with E-state index in [2.05, 4.69) is 19.7 Å². The van der Waals surface area contributed by atoms with E-state index in [4.69, 9.17) is 9.47 Å². The van der Waals surface area contributed by atoms with Crippen LogP contribution in [0.1, 0.15) is 39.5 Å². The number of hydrogen-bond donors (Lipinski definition) is 0. The second-order valence-corrected chi connectivity index (χ2v) is 7.72. The Morgan fingerprint density at radius 1 is 1.29 bits per heavy atom. The maximum absolute atomic E-state index is 12.2. The van der Waals surface area contributed by atoms with Crippen LogP contribution in [0.4, 0.5) is 0 Å². The van der Waals surface area contributed by atoms with Crippen LogP contribution in [0, 0.1) is 23.7 Å². The van der Waals surface area contributed by atoms with Crippen molar-refractivity contribution in [2.24, 2.45) is 23.7 Å². The van der Waals surface area contributed by atoms with Crippen molar-refractivity contribution in [1.82, 2.24) is 0 Å². The molecule has 130 valence electrons. The van der Waals surface area contributed by atoms with Crippen molar-refractivity contribution < 1.29 is 19.1 Å². The van der Waals surface area contributed by atoms with Gasteiger partial charge in [-0.25, -0.2) is 4.79 Å². The summed E-state index contributed by atoms with van der Waals surface area (Å²) in [6.45, 7) is 16.3. The maximum Gasteiger partial charge on any atom is 0.334 e. The Kier molecular flexibility index (Phi) is 4.41. The molecule has 2 aliphatic carbocycles. The fourth-order valence-electron chi connectivity index (χ4n) is 4.36. The minimum Gasteiger partial charge on any atom is -0.458 e. The van der Waals surface area contributed by atoms with Gasteiger partial charge in [0.25, 0.3) is 0 Å². The molecule has 2 saturated carbocycles. The quantitative estimate of drug-likeness (QED) is 0.451. The lowest BCUT2D eigenvalue weighted by Gasteiger charge is -2.26. The second kappa shape index (κ2) is 6.23. The molecule has 0 amide bonds. The molecule has 3 aliphatic rings. The number of hydrogen-bond acceptors (Lipinski definition) is 4. The van der Waals surface area contributed by atoms with E-state index in [1.807, 2.05) is 13.8 Å². The van der Waals surface area contributed by atoms with Crippen molar-refractivity contribution in [3.63, 3.8) is 0 Å².